The molecule has 2 aliphatic heterocycles. The minimum atomic E-state index is -0.373. The normalized spacial score (nSPS) is 17.5. The molecule has 1 atom stereocenters. The summed E-state index contributed by atoms with van der Waals surface area (Å²) < 4.78 is 19.1. The van der Waals surface area contributed by atoms with Crippen LogP contribution in [0.1, 0.15) is 53.7 Å². The molecule has 0 spiro atoms. The molecule has 0 saturated carbocycles. The van der Waals surface area contributed by atoms with Gasteiger partial charge in [-0.3, -0.25) is 9.69 Å². The van der Waals surface area contributed by atoms with Gasteiger partial charge in [0.1, 0.15) is 11.5 Å². The molecule has 1 unspecified atom stereocenters. The highest BCUT2D eigenvalue weighted by atomic mass is 35.5. The fourth-order valence-electron chi connectivity index (χ4n) is 4.59. The van der Waals surface area contributed by atoms with Crippen LogP contribution in [0.3, 0.4) is 0 Å². The van der Waals surface area contributed by atoms with E-state index in [2.05, 4.69) is 28.9 Å². The lowest BCUT2D eigenvalue weighted by Gasteiger charge is -2.33. The predicted octanol–water partition coefficient (Wildman–Crippen LogP) is 5.32. The first kappa shape index (κ1) is 20.6. The van der Waals surface area contributed by atoms with Gasteiger partial charge in [0.25, 0.3) is 5.91 Å². The third-order valence-electron chi connectivity index (χ3n) is 6.11. The Labute approximate surface area is 180 Å². The van der Waals surface area contributed by atoms with E-state index in [0.717, 1.165) is 35.2 Å². The van der Waals surface area contributed by atoms with Crippen LogP contribution in [0.15, 0.2) is 41.4 Å². The van der Waals surface area contributed by atoms with Gasteiger partial charge in [-0.1, -0.05) is 24.2 Å². The maximum Gasteiger partial charge on any atom is 0.256 e. The van der Waals surface area contributed by atoms with Crippen LogP contribution in [0.5, 0.6) is 0 Å². The summed E-state index contributed by atoms with van der Waals surface area (Å²) in [6.45, 7) is 8.33. The Balaban J connectivity index is 0.00000218. The monoisotopic (exact) mass is 427 g/mol. The number of hydrogen-bond acceptors (Lipinski definition) is 4. The van der Waals surface area contributed by atoms with Gasteiger partial charge >= 0.3 is 0 Å². The van der Waals surface area contributed by atoms with Gasteiger partial charge in [0.15, 0.2) is 5.58 Å². The van der Waals surface area contributed by atoms with Crippen molar-refractivity contribution in [2.24, 2.45) is 0 Å². The Morgan fingerprint density at radius 2 is 1.93 bits per heavy atom. The van der Waals surface area contributed by atoms with Crippen LogP contribution < -0.4 is 5.32 Å². The number of benzene rings is 2. The molecular formula is C23H23ClFN3O2. The van der Waals surface area contributed by atoms with Crippen LogP contribution in [0.25, 0.3) is 27.9 Å². The lowest BCUT2D eigenvalue weighted by molar-refractivity contribution is 0.0981. The summed E-state index contributed by atoms with van der Waals surface area (Å²) >= 11 is 0. The van der Waals surface area contributed by atoms with Crippen LogP contribution in [0.2, 0.25) is 0 Å². The molecule has 0 radical (unpaired) electrons. The minimum Gasteiger partial charge on any atom is -0.356 e. The third kappa shape index (κ3) is 3.20. The fourth-order valence-corrected chi connectivity index (χ4v) is 4.59. The Hall–Kier alpha value is -2.70. The van der Waals surface area contributed by atoms with Crippen molar-refractivity contribution in [2.45, 2.75) is 32.2 Å². The number of likely N-dealkylation sites (tertiary alicyclic amines) is 1. The smallest absolute Gasteiger partial charge is 0.256 e. The molecule has 7 heteroatoms. The molecule has 5 nitrogen and oxygen atoms in total. The molecule has 1 aromatic heterocycles. The molecule has 1 N–H and O–H groups in total. The van der Waals surface area contributed by atoms with E-state index in [9.17, 15) is 9.18 Å². The maximum atomic E-state index is 13.7. The third-order valence-corrected chi connectivity index (χ3v) is 6.11. The molecule has 2 aromatic carbocycles. The minimum absolute atomic E-state index is 0. The Morgan fingerprint density at radius 3 is 2.70 bits per heavy atom. The molecule has 0 aliphatic carbocycles. The second-order valence-corrected chi connectivity index (χ2v) is 7.83. The number of piperidine rings is 1. The highest BCUT2D eigenvalue weighted by Crippen LogP contribution is 2.42. The number of amides is 1. The van der Waals surface area contributed by atoms with Gasteiger partial charge in [0.2, 0.25) is 0 Å². The molecule has 5 rings (SSSR count). The topological polar surface area (TPSA) is 58.4 Å². The molecule has 1 saturated heterocycles. The Kier molecular flexibility index (Phi) is 5.38. The van der Waals surface area contributed by atoms with Gasteiger partial charge in [0, 0.05) is 39.9 Å². The van der Waals surface area contributed by atoms with Crippen molar-refractivity contribution in [2.75, 3.05) is 13.1 Å². The predicted molar refractivity (Wildman–Crippen MR) is 117 cm³/mol. The van der Waals surface area contributed by atoms with Crippen LogP contribution in [-0.2, 0) is 0 Å². The number of rotatable bonds is 3. The van der Waals surface area contributed by atoms with Crippen molar-refractivity contribution in [3.63, 3.8) is 0 Å². The quantitative estimate of drug-likeness (QED) is 0.614. The zero-order chi connectivity index (χ0) is 20.1. The number of aromatic nitrogens is 1. The standard InChI is InChI=1S/C23H22FN3O2.ClH/c1-13-20-18(23(28)25-13)9-8-16(14(2)27-10-4-3-5-11-27)21(20)22-17-7-6-15(24)12-19(17)29-26-22;/h6-9,12,14H,1,3-5,10-11H2,2H3,(H,25,28);1H. The Bertz CT molecular complexity index is 1150. The van der Waals surface area contributed by atoms with E-state index in [0.29, 0.717) is 22.5 Å². The first-order valence-corrected chi connectivity index (χ1v) is 10.0. The zero-order valence-electron chi connectivity index (χ0n) is 16.7. The van der Waals surface area contributed by atoms with Gasteiger partial charge in [-0.05, 0) is 56.6 Å². The van der Waals surface area contributed by atoms with Gasteiger partial charge in [-0.25, -0.2) is 4.39 Å². The van der Waals surface area contributed by atoms with Crippen LogP contribution in [0, 0.1) is 5.82 Å². The van der Waals surface area contributed by atoms with E-state index < -0.39 is 0 Å². The van der Waals surface area contributed by atoms with Gasteiger partial charge in [-0.15, -0.1) is 12.4 Å². The van der Waals surface area contributed by atoms with Crippen molar-refractivity contribution in [3.05, 3.63) is 59.4 Å². The average Bonchev–Trinajstić information content (AvgIpc) is 3.27. The second kappa shape index (κ2) is 7.85. The number of fused-ring (bicyclic) bond motifs is 2. The highest BCUT2D eigenvalue weighted by molar-refractivity contribution is 6.13. The lowest BCUT2D eigenvalue weighted by Crippen LogP contribution is -2.32. The average molecular weight is 428 g/mol. The lowest BCUT2D eigenvalue weighted by atomic mass is 9.88. The zero-order valence-corrected chi connectivity index (χ0v) is 17.5. The summed E-state index contributed by atoms with van der Waals surface area (Å²) in [5.41, 5.74) is 4.82. The van der Waals surface area contributed by atoms with Crippen LogP contribution in [-0.4, -0.2) is 29.1 Å². The SMILES string of the molecule is C=C1NC(=O)c2ccc(C(C)N3CCCCC3)c(-c3noc4cc(F)ccc34)c21.Cl. The molecule has 1 amide bonds. The number of nitrogens with one attached hydrogen (secondary N) is 1. The summed E-state index contributed by atoms with van der Waals surface area (Å²) in [5, 5.41) is 7.83. The largest absolute Gasteiger partial charge is 0.356 e. The van der Waals surface area contributed by atoms with Crippen molar-refractivity contribution in [1.29, 1.82) is 0 Å². The Morgan fingerprint density at radius 1 is 1.17 bits per heavy atom. The number of halogens is 2. The highest BCUT2D eigenvalue weighted by Gasteiger charge is 2.32. The molecule has 0 bridgehead atoms. The molecule has 30 heavy (non-hydrogen) atoms. The van der Waals surface area contributed by atoms with Crippen LogP contribution >= 0.6 is 12.4 Å². The fraction of sp³-hybridized carbons (Fsp3) is 0.304. The molecule has 3 heterocycles. The van der Waals surface area contributed by atoms with Crippen molar-refractivity contribution >= 4 is 35.0 Å². The molecule has 1 fully saturated rings. The van der Waals surface area contributed by atoms with Crippen molar-refractivity contribution < 1.29 is 13.7 Å². The van der Waals surface area contributed by atoms with Gasteiger partial charge < -0.3 is 9.84 Å². The van der Waals surface area contributed by atoms with E-state index in [1.807, 2.05) is 12.1 Å². The first-order chi connectivity index (χ1) is 14.0. The van der Waals surface area contributed by atoms with Crippen molar-refractivity contribution in [1.82, 2.24) is 15.4 Å². The number of hydrogen-bond donors (Lipinski definition) is 1. The molecule has 3 aromatic rings. The summed E-state index contributed by atoms with van der Waals surface area (Å²) in [7, 11) is 0. The van der Waals surface area contributed by atoms with Gasteiger partial charge in [-0.2, -0.15) is 0 Å². The van der Waals surface area contributed by atoms with E-state index in [4.69, 9.17) is 4.52 Å². The van der Waals surface area contributed by atoms with E-state index >= 15 is 0 Å². The summed E-state index contributed by atoms with van der Waals surface area (Å²) in [6, 6.07) is 8.43. The van der Waals surface area contributed by atoms with Gasteiger partial charge in [0.05, 0.1) is 0 Å². The summed E-state index contributed by atoms with van der Waals surface area (Å²) in [6.07, 6.45) is 3.63. The number of nitrogens with zero attached hydrogens (tertiary/aromatic N) is 2. The second-order valence-electron chi connectivity index (χ2n) is 7.83. The van der Waals surface area contributed by atoms with E-state index in [1.165, 1.54) is 31.4 Å². The summed E-state index contributed by atoms with van der Waals surface area (Å²) in [4.78, 5) is 14.9. The number of carbonyl (C=O) groups is 1. The number of carbonyl (C=O) groups excluding carboxylic acids is 1. The van der Waals surface area contributed by atoms with E-state index in [-0.39, 0.29) is 30.2 Å². The molecular weight excluding hydrogens is 405 g/mol. The molecule has 2 aliphatic rings. The first-order valence-electron chi connectivity index (χ1n) is 10.0. The maximum absolute atomic E-state index is 13.7. The molecule has 156 valence electrons. The van der Waals surface area contributed by atoms with Crippen LogP contribution in [0.4, 0.5) is 4.39 Å². The van der Waals surface area contributed by atoms with E-state index in [1.54, 1.807) is 6.07 Å². The summed E-state index contributed by atoms with van der Waals surface area (Å²) in [5.74, 6) is -0.538. The van der Waals surface area contributed by atoms with Crippen molar-refractivity contribution in [3.8, 4) is 11.3 Å².